The van der Waals surface area contributed by atoms with Crippen LogP contribution in [0.25, 0.3) is 5.78 Å². The van der Waals surface area contributed by atoms with Gasteiger partial charge in [0.15, 0.2) is 5.78 Å². The number of ether oxygens (including phenoxy) is 1. The first-order valence-corrected chi connectivity index (χ1v) is 7.50. The SMILES string of the molecule is O=C(NCCC(=O)c1cnc2ncccn12)OCc1ccccc1. The maximum absolute atomic E-state index is 12.2. The Morgan fingerprint density at radius 2 is 1.96 bits per heavy atom. The predicted octanol–water partition coefficient (Wildman–Crippen LogP) is 2.23. The van der Waals surface area contributed by atoms with Crippen molar-refractivity contribution in [1.29, 1.82) is 0 Å². The van der Waals surface area contributed by atoms with E-state index in [9.17, 15) is 9.59 Å². The summed E-state index contributed by atoms with van der Waals surface area (Å²) < 4.78 is 6.70. The van der Waals surface area contributed by atoms with Crippen LogP contribution in [0.2, 0.25) is 0 Å². The number of hydrogen-bond donors (Lipinski definition) is 1. The van der Waals surface area contributed by atoms with Crippen molar-refractivity contribution < 1.29 is 14.3 Å². The largest absolute Gasteiger partial charge is 0.445 e. The van der Waals surface area contributed by atoms with Crippen LogP contribution in [0, 0.1) is 0 Å². The zero-order chi connectivity index (χ0) is 16.8. The van der Waals surface area contributed by atoms with Crippen LogP contribution in [0.3, 0.4) is 0 Å². The van der Waals surface area contributed by atoms with Gasteiger partial charge in [-0.3, -0.25) is 9.20 Å². The van der Waals surface area contributed by atoms with E-state index in [0.29, 0.717) is 11.5 Å². The zero-order valence-corrected chi connectivity index (χ0v) is 12.9. The Morgan fingerprint density at radius 1 is 1.12 bits per heavy atom. The van der Waals surface area contributed by atoms with Crippen molar-refractivity contribution in [2.75, 3.05) is 6.54 Å². The number of aromatic nitrogens is 3. The van der Waals surface area contributed by atoms with Gasteiger partial charge >= 0.3 is 6.09 Å². The molecule has 0 unspecified atom stereocenters. The van der Waals surface area contributed by atoms with Crippen molar-refractivity contribution >= 4 is 17.7 Å². The average molecular weight is 324 g/mol. The standard InChI is InChI=1S/C17H16N4O3/c22-15(14-11-20-16-18-8-4-10-21(14)16)7-9-19-17(23)24-12-13-5-2-1-3-6-13/h1-6,8,10-11H,7,9,12H2,(H,19,23). The first-order valence-electron chi connectivity index (χ1n) is 7.50. The van der Waals surface area contributed by atoms with Crippen molar-refractivity contribution in [3.05, 3.63) is 66.2 Å². The number of benzene rings is 1. The van der Waals surface area contributed by atoms with Gasteiger partial charge in [0.05, 0.1) is 6.20 Å². The third-order valence-electron chi connectivity index (χ3n) is 3.41. The summed E-state index contributed by atoms with van der Waals surface area (Å²) >= 11 is 0. The van der Waals surface area contributed by atoms with Gasteiger partial charge in [-0.25, -0.2) is 14.8 Å². The summed E-state index contributed by atoms with van der Waals surface area (Å²) in [6, 6.07) is 11.1. The van der Waals surface area contributed by atoms with E-state index in [1.165, 1.54) is 6.20 Å². The van der Waals surface area contributed by atoms with Gasteiger partial charge in [0, 0.05) is 25.4 Å². The van der Waals surface area contributed by atoms with Crippen LogP contribution in [0.1, 0.15) is 22.5 Å². The second-order valence-electron chi connectivity index (χ2n) is 5.09. The van der Waals surface area contributed by atoms with Crippen LogP contribution < -0.4 is 5.32 Å². The molecule has 0 saturated carbocycles. The van der Waals surface area contributed by atoms with Crippen molar-refractivity contribution in [1.82, 2.24) is 19.7 Å². The number of imidazole rings is 1. The van der Waals surface area contributed by atoms with Crippen LogP contribution in [-0.2, 0) is 11.3 Å². The van der Waals surface area contributed by atoms with Gasteiger partial charge < -0.3 is 10.1 Å². The molecule has 0 fully saturated rings. The number of carbonyl (C=O) groups is 2. The van der Waals surface area contributed by atoms with Gasteiger partial charge in [-0.1, -0.05) is 30.3 Å². The van der Waals surface area contributed by atoms with Crippen LogP contribution in [-0.4, -0.2) is 32.8 Å². The van der Waals surface area contributed by atoms with Gasteiger partial charge in [0.25, 0.3) is 0 Å². The quantitative estimate of drug-likeness (QED) is 0.703. The van der Waals surface area contributed by atoms with E-state index in [1.807, 2.05) is 30.3 Å². The van der Waals surface area contributed by atoms with Crippen molar-refractivity contribution in [2.24, 2.45) is 0 Å². The summed E-state index contributed by atoms with van der Waals surface area (Å²) in [6.07, 6.45) is 4.43. The second kappa shape index (κ2) is 7.36. The Balaban J connectivity index is 1.46. The summed E-state index contributed by atoms with van der Waals surface area (Å²) in [7, 11) is 0. The van der Waals surface area contributed by atoms with Crippen molar-refractivity contribution in [3.8, 4) is 0 Å². The molecular weight excluding hydrogens is 308 g/mol. The number of carbonyl (C=O) groups excluding carboxylic acids is 2. The number of Topliss-reactive ketones (excluding diaryl/α,β-unsaturated/α-hetero) is 1. The first-order chi connectivity index (χ1) is 11.7. The lowest BCUT2D eigenvalue weighted by atomic mass is 10.2. The summed E-state index contributed by atoms with van der Waals surface area (Å²) in [5.74, 6) is 0.343. The predicted molar refractivity (Wildman–Crippen MR) is 86.6 cm³/mol. The molecule has 7 heteroatoms. The number of ketones is 1. The summed E-state index contributed by atoms with van der Waals surface area (Å²) in [4.78, 5) is 31.9. The highest BCUT2D eigenvalue weighted by molar-refractivity contribution is 5.95. The molecule has 1 amide bonds. The van der Waals surface area contributed by atoms with Crippen LogP contribution >= 0.6 is 0 Å². The highest BCUT2D eigenvalue weighted by Crippen LogP contribution is 2.06. The molecule has 0 spiro atoms. The number of nitrogens with one attached hydrogen (secondary N) is 1. The Bertz CT molecular complexity index is 845. The molecule has 1 N–H and O–H groups in total. The minimum atomic E-state index is -0.550. The summed E-state index contributed by atoms with van der Waals surface area (Å²) in [5, 5.41) is 2.57. The zero-order valence-electron chi connectivity index (χ0n) is 12.9. The molecule has 122 valence electrons. The minimum Gasteiger partial charge on any atom is -0.445 e. The van der Waals surface area contributed by atoms with Gasteiger partial charge in [0.1, 0.15) is 12.3 Å². The third kappa shape index (κ3) is 3.75. The Morgan fingerprint density at radius 3 is 2.79 bits per heavy atom. The molecule has 24 heavy (non-hydrogen) atoms. The third-order valence-corrected chi connectivity index (χ3v) is 3.41. The molecular formula is C17H16N4O3. The number of nitrogens with zero attached hydrogens (tertiary/aromatic N) is 3. The van der Waals surface area contributed by atoms with Crippen LogP contribution in [0.15, 0.2) is 55.0 Å². The molecule has 0 atom stereocenters. The lowest BCUT2D eigenvalue weighted by Crippen LogP contribution is -2.26. The van der Waals surface area contributed by atoms with E-state index in [2.05, 4.69) is 15.3 Å². The van der Waals surface area contributed by atoms with E-state index in [-0.39, 0.29) is 25.4 Å². The molecule has 3 aromatic rings. The molecule has 2 aromatic heterocycles. The van der Waals surface area contributed by atoms with E-state index in [1.54, 1.807) is 22.9 Å². The summed E-state index contributed by atoms with van der Waals surface area (Å²) in [5.41, 5.74) is 1.35. The number of alkyl carbamates (subject to hydrolysis) is 1. The topological polar surface area (TPSA) is 85.6 Å². The highest BCUT2D eigenvalue weighted by atomic mass is 16.5. The number of rotatable bonds is 6. The molecule has 0 aliphatic carbocycles. The molecule has 0 bridgehead atoms. The minimum absolute atomic E-state index is 0.126. The fourth-order valence-electron chi connectivity index (χ4n) is 2.21. The smallest absolute Gasteiger partial charge is 0.407 e. The molecule has 3 rings (SSSR count). The molecule has 0 aliphatic rings. The fourth-order valence-corrected chi connectivity index (χ4v) is 2.21. The normalized spacial score (nSPS) is 10.5. The van der Waals surface area contributed by atoms with E-state index in [4.69, 9.17) is 4.74 Å². The Hall–Kier alpha value is -3.22. The maximum Gasteiger partial charge on any atom is 0.407 e. The average Bonchev–Trinajstić information content (AvgIpc) is 3.05. The lowest BCUT2D eigenvalue weighted by Gasteiger charge is -2.06. The van der Waals surface area contributed by atoms with Crippen molar-refractivity contribution in [3.63, 3.8) is 0 Å². The van der Waals surface area contributed by atoms with Gasteiger partial charge in [0.2, 0.25) is 5.78 Å². The molecule has 0 radical (unpaired) electrons. The van der Waals surface area contributed by atoms with Crippen molar-refractivity contribution in [2.45, 2.75) is 13.0 Å². The monoisotopic (exact) mass is 324 g/mol. The fraction of sp³-hybridized carbons (Fsp3) is 0.176. The molecule has 0 saturated heterocycles. The summed E-state index contributed by atoms with van der Waals surface area (Å²) in [6.45, 7) is 0.388. The Kier molecular flexibility index (Phi) is 4.81. The first kappa shape index (κ1) is 15.7. The molecule has 1 aromatic carbocycles. The van der Waals surface area contributed by atoms with Crippen LogP contribution in [0.4, 0.5) is 4.79 Å². The van der Waals surface area contributed by atoms with Gasteiger partial charge in [-0.2, -0.15) is 0 Å². The van der Waals surface area contributed by atoms with Crippen LogP contribution in [0.5, 0.6) is 0 Å². The number of fused-ring (bicyclic) bond motifs is 1. The lowest BCUT2D eigenvalue weighted by molar-refractivity contribution is 0.0975. The van der Waals surface area contributed by atoms with Gasteiger partial charge in [-0.15, -0.1) is 0 Å². The molecule has 0 aliphatic heterocycles. The maximum atomic E-state index is 12.2. The molecule has 7 nitrogen and oxygen atoms in total. The van der Waals surface area contributed by atoms with Gasteiger partial charge in [-0.05, 0) is 11.6 Å². The number of amides is 1. The number of hydrogen-bond acceptors (Lipinski definition) is 5. The van der Waals surface area contributed by atoms with E-state index in [0.717, 1.165) is 5.56 Å². The Labute approximate surface area is 138 Å². The highest BCUT2D eigenvalue weighted by Gasteiger charge is 2.12. The second-order valence-corrected chi connectivity index (χ2v) is 5.09. The van der Waals surface area contributed by atoms with E-state index < -0.39 is 6.09 Å². The molecule has 2 heterocycles. The van der Waals surface area contributed by atoms with E-state index >= 15 is 0 Å².